The number of nitrogens with zero attached hydrogens (tertiary/aromatic N) is 2. The van der Waals surface area contributed by atoms with Gasteiger partial charge in [0.05, 0.1) is 50.4 Å². The fourth-order valence-electron chi connectivity index (χ4n) is 6.47. The predicted octanol–water partition coefficient (Wildman–Crippen LogP) is 9.45. The summed E-state index contributed by atoms with van der Waals surface area (Å²) in [7, 11) is 0. The lowest BCUT2D eigenvalue weighted by molar-refractivity contribution is 1.37. The fraction of sp³-hybridized carbons (Fsp3) is 0. The minimum Gasteiger partial charge on any atom is -0.307 e. The van der Waals surface area contributed by atoms with Crippen LogP contribution in [0.5, 0.6) is 0 Å². The Bertz CT molecular complexity index is 2330. The lowest BCUT2D eigenvalue weighted by Gasteiger charge is -2.08. The minimum atomic E-state index is 1.27. The first-order valence-electron chi connectivity index (χ1n) is 11.9. The van der Waals surface area contributed by atoms with Gasteiger partial charge in [0.1, 0.15) is 0 Å². The molecule has 2 nitrogen and oxygen atoms in total. The van der Waals surface area contributed by atoms with E-state index in [9.17, 15) is 0 Å². The normalized spacial score (nSPS) is 12.7. The van der Waals surface area contributed by atoms with E-state index in [1.165, 1.54) is 81.4 Å². The Labute approximate surface area is 213 Å². The van der Waals surface area contributed by atoms with Crippen molar-refractivity contribution in [3.63, 3.8) is 0 Å². The summed E-state index contributed by atoms with van der Waals surface area (Å²) in [6.45, 7) is 0. The van der Waals surface area contributed by atoms with Crippen LogP contribution in [-0.2, 0) is 0 Å². The third-order valence-corrected chi connectivity index (χ3v) is 8.92. The summed E-state index contributed by atoms with van der Waals surface area (Å²) in [5.41, 5.74) is 6.41. The van der Waals surface area contributed by atoms with Crippen LogP contribution in [0, 0.1) is 0 Å². The highest BCUT2D eigenvalue weighted by molar-refractivity contribution is 14.1. The average molecular weight is 556 g/mol. The Hall–Kier alpha value is -3.83. The molecule has 0 N–H and O–H groups in total. The predicted molar refractivity (Wildman–Crippen MR) is 159 cm³/mol. The number of aromatic nitrogens is 2. The van der Waals surface area contributed by atoms with E-state index in [1.807, 2.05) is 0 Å². The van der Waals surface area contributed by atoms with E-state index < -0.39 is 0 Å². The van der Waals surface area contributed by atoms with Gasteiger partial charge in [0.15, 0.2) is 0 Å². The van der Waals surface area contributed by atoms with Gasteiger partial charge >= 0.3 is 0 Å². The van der Waals surface area contributed by atoms with E-state index in [0.29, 0.717) is 0 Å². The quantitative estimate of drug-likeness (QED) is 0.165. The van der Waals surface area contributed by atoms with E-state index in [-0.39, 0.29) is 0 Å². The maximum atomic E-state index is 2.56. The molecule has 0 spiro atoms. The largest absolute Gasteiger partial charge is 0.307 e. The SMILES string of the molecule is In1c2cccc3c4cccc5c6cc7ccccc7cc6n(c45)c4c5ccccc5cc1c4c32. The average Bonchev–Trinajstić information content (AvgIpc) is 3.32. The van der Waals surface area contributed by atoms with Crippen LogP contribution >= 0.6 is 22.9 Å². The van der Waals surface area contributed by atoms with Gasteiger partial charge in [-0.15, -0.1) is 0 Å². The number of benzene rings is 6. The van der Waals surface area contributed by atoms with Crippen molar-refractivity contribution in [2.75, 3.05) is 0 Å². The Morgan fingerprint density at radius 3 is 1.91 bits per heavy atom. The van der Waals surface area contributed by atoms with Gasteiger partial charge in [-0.25, -0.2) is 0 Å². The maximum Gasteiger partial charge on any atom is 0.0646 e. The molecular formula is C32H17IN2. The van der Waals surface area contributed by atoms with E-state index >= 15 is 0 Å². The number of fused-ring (bicyclic) bond motifs is 8. The van der Waals surface area contributed by atoms with Crippen molar-refractivity contribution in [3.05, 3.63) is 103 Å². The van der Waals surface area contributed by atoms with Crippen LogP contribution in [0.25, 0.3) is 81.4 Å². The first kappa shape index (κ1) is 18.5. The van der Waals surface area contributed by atoms with Crippen molar-refractivity contribution in [2.45, 2.75) is 0 Å². The van der Waals surface area contributed by atoms with Crippen molar-refractivity contribution < 1.29 is 0 Å². The maximum absolute atomic E-state index is 2.56. The first-order chi connectivity index (χ1) is 17.3. The molecule has 9 aromatic rings. The lowest BCUT2D eigenvalue weighted by Crippen LogP contribution is -1.89. The zero-order chi connectivity index (χ0) is 22.8. The summed E-state index contributed by atoms with van der Waals surface area (Å²) in [5, 5.41) is 13.1. The summed E-state index contributed by atoms with van der Waals surface area (Å²) in [6, 6.07) is 38.3. The van der Waals surface area contributed by atoms with E-state index in [0.717, 1.165) is 0 Å². The molecule has 0 bridgehead atoms. The van der Waals surface area contributed by atoms with Gasteiger partial charge in [-0.3, -0.25) is 2.78 Å². The molecule has 162 valence electrons. The van der Waals surface area contributed by atoms with Gasteiger partial charge in [0.2, 0.25) is 0 Å². The van der Waals surface area contributed by atoms with E-state index in [4.69, 9.17) is 0 Å². The summed E-state index contributed by atoms with van der Waals surface area (Å²) in [5.74, 6) is 0. The number of halogens is 1. The van der Waals surface area contributed by atoms with Gasteiger partial charge < -0.3 is 4.40 Å². The molecule has 0 unspecified atom stereocenters. The van der Waals surface area contributed by atoms with Crippen LogP contribution < -0.4 is 0 Å². The van der Waals surface area contributed by atoms with Gasteiger partial charge in [-0.2, -0.15) is 0 Å². The second-order valence-electron chi connectivity index (χ2n) is 9.57. The van der Waals surface area contributed by atoms with E-state index in [2.05, 4.69) is 133 Å². The molecule has 0 fully saturated rings. The standard InChI is InChI=1S/C32H17IN2/c33-35-26-14-6-11-22-23-12-5-13-24-25-15-18-7-1-2-8-19(18)16-27(25)34(31(23)24)32-21-10-4-3-9-20(21)17-28(35)30(32)29(22)26/h1-17H. The summed E-state index contributed by atoms with van der Waals surface area (Å²) >= 11 is 2.48. The Morgan fingerprint density at radius 2 is 1.06 bits per heavy atom. The number of hydrogen-bond donors (Lipinski definition) is 0. The molecule has 0 atom stereocenters. The van der Waals surface area contributed by atoms with Crippen LogP contribution in [0.15, 0.2) is 103 Å². The highest BCUT2D eigenvalue weighted by Crippen LogP contribution is 2.46. The zero-order valence-electron chi connectivity index (χ0n) is 18.6. The number of hydrogen-bond acceptors (Lipinski definition) is 0. The van der Waals surface area contributed by atoms with Crippen molar-refractivity contribution in [3.8, 4) is 0 Å². The number of rotatable bonds is 0. The third-order valence-electron chi connectivity index (χ3n) is 7.89. The molecule has 3 heteroatoms. The molecule has 3 aromatic heterocycles. The Morgan fingerprint density at radius 1 is 0.429 bits per heavy atom. The van der Waals surface area contributed by atoms with Gasteiger partial charge in [0, 0.05) is 32.3 Å². The molecule has 35 heavy (non-hydrogen) atoms. The Balaban J connectivity index is 1.79. The van der Waals surface area contributed by atoms with Crippen LogP contribution in [0.1, 0.15) is 0 Å². The van der Waals surface area contributed by atoms with Gasteiger partial charge in [-0.05, 0) is 45.8 Å². The molecule has 0 aliphatic rings. The molecule has 0 amide bonds. The monoisotopic (exact) mass is 556 g/mol. The van der Waals surface area contributed by atoms with Crippen molar-refractivity contribution in [2.24, 2.45) is 0 Å². The minimum absolute atomic E-state index is 1.27. The molecule has 0 saturated heterocycles. The molecule has 9 rings (SSSR count). The molecule has 0 radical (unpaired) electrons. The lowest BCUT2D eigenvalue weighted by atomic mass is 10.0. The highest BCUT2D eigenvalue weighted by Gasteiger charge is 2.22. The zero-order valence-corrected chi connectivity index (χ0v) is 20.7. The van der Waals surface area contributed by atoms with Crippen LogP contribution in [-0.4, -0.2) is 7.18 Å². The fourth-order valence-corrected chi connectivity index (χ4v) is 7.25. The molecular weight excluding hydrogens is 539 g/mol. The summed E-state index contributed by atoms with van der Waals surface area (Å²) in [4.78, 5) is 0. The van der Waals surface area contributed by atoms with Crippen molar-refractivity contribution in [1.82, 2.24) is 7.18 Å². The second kappa shape index (κ2) is 6.23. The molecule has 6 aromatic carbocycles. The highest BCUT2D eigenvalue weighted by atomic mass is 127. The van der Waals surface area contributed by atoms with Crippen LogP contribution in [0.2, 0.25) is 0 Å². The number of para-hydroxylation sites is 1. The van der Waals surface area contributed by atoms with Gasteiger partial charge in [0.25, 0.3) is 0 Å². The smallest absolute Gasteiger partial charge is 0.0646 e. The van der Waals surface area contributed by atoms with Crippen molar-refractivity contribution in [1.29, 1.82) is 0 Å². The van der Waals surface area contributed by atoms with Crippen LogP contribution in [0.3, 0.4) is 0 Å². The molecule has 0 saturated carbocycles. The van der Waals surface area contributed by atoms with Crippen molar-refractivity contribution >= 4 is 104 Å². The van der Waals surface area contributed by atoms with Gasteiger partial charge in [-0.1, -0.05) is 78.9 Å². The molecule has 0 aliphatic carbocycles. The molecule has 0 aliphatic heterocycles. The summed E-state index contributed by atoms with van der Waals surface area (Å²) < 4.78 is 4.90. The summed E-state index contributed by atoms with van der Waals surface area (Å²) in [6.07, 6.45) is 0. The third kappa shape index (κ3) is 2.12. The van der Waals surface area contributed by atoms with E-state index in [1.54, 1.807) is 0 Å². The van der Waals surface area contributed by atoms with Crippen LogP contribution in [0.4, 0.5) is 0 Å². The first-order valence-corrected chi connectivity index (χ1v) is 12.9. The molecule has 3 heterocycles. The topological polar surface area (TPSA) is 9.34 Å². The second-order valence-corrected chi connectivity index (χ2v) is 10.5. The Kier molecular flexibility index (Phi) is 3.29.